The zero-order valence-corrected chi connectivity index (χ0v) is 11.0. The number of allylic oxidation sites excluding steroid dienone is 7. The van der Waals surface area contributed by atoms with Gasteiger partial charge in [0.2, 0.25) is 0 Å². The van der Waals surface area contributed by atoms with Crippen molar-refractivity contribution in [3.8, 4) is 0 Å². The van der Waals surface area contributed by atoms with E-state index < -0.39 is 0 Å². The molecule has 0 aromatic rings. The number of dihydropyridines is 1. The Hall–Kier alpha value is -1.44. The summed E-state index contributed by atoms with van der Waals surface area (Å²) in [6, 6.07) is 0. The number of halogens is 1. The molecule has 1 nitrogen and oxygen atoms in total. The predicted octanol–water partition coefficient (Wildman–Crippen LogP) is 4.64. The Labute approximate surface area is 113 Å². The maximum atomic E-state index is 13.5. The van der Waals surface area contributed by atoms with Crippen LogP contribution in [0.15, 0.2) is 52.0 Å². The van der Waals surface area contributed by atoms with E-state index in [1.54, 1.807) is 12.2 Å². The summed E-state index contributed by atoms with van der Waals surface area (Å²) in [6.45, 7) is 0. The van der Waals surface area contributed by atoms with E-state index in [-0.39, 0.29) is 5.83 Å². The van der Waals surface area contributed by atoms with E-state index in [1.165, 1.54) is 42.5 Å². The predicted molar refractivity (Wildman–Crippen MR) is 75.6 cm³/mol. The average Bonchev–Trinajstić information content (AvgIpc) is 3.22. The van der Waals surface area contributed by atoms with Gasteiger partial charge >= 0.3 is 0 Å². The molecule has 0 aromatic heterocycles. The number of rotatable bonds is 1. The van der Waals surface area contributed by atoms with E-state index in [2.05, 4.69) is 12.2 Å². The first-order chi connectivity index (χ1) is 9.33. The van der Waals surface area contributed by atoms with Crippen LogP contribution in [0.2, 0.25) is 0 Å². The first-order valence-corrected chi connectivity index (χ1v) is 7.39. The monoisotopic (exact) mass is 255 g/mol. The minimum atomic E-state index is -0.115. The summed E-state index contributed by atoms with van der Waals surface area (Å²) in [7, 11) is 0. The molecular weight excluding hydrogens is 237 g/mol. The molecule has 19 heavy (non-hydrogen) atoms. The highest BCUT2D eigenvalue weighted by atomic mass is 19.1. The van der Waals surface area contributed by atoms with Crippen molar-refractivity contribution in [2.75, 3.05) is 0 Å². The summed E-state index contributed by atoms with van der Waals surface area (Å²) in [6.07, 6.45) is 14.7. The van der Waals surface area contributed by atoms with Gasteiger partial charge in [-0.1, -0.05) is 18.6 Å². The highest BCUT2D eigenvalue weighted by Crippen LogP contribution is 2.46. The molecule has 0 N–H and O–H groups in total. The summed E-state index contributed by atoms with van der Waals surface area (Å²) in [5.41, 5.74) is 5.25. The van der Waals surface area contributed by atoms with Gasteiger partial charge < -0.3 is 0 Å². The zero-order chi connectivity index (χ0) is 12.8. The molecule has 0 bridgehead atoms. The molecule has 0 spiro atoms. The van der Waals surface area contributed by atoms with Crippen LogP contribution in [-0.4, -0.2) is 5.71 Å². The van der Waals surface area contributed by atoms with Crippen molar-refractivity contribution in [2.24, 2.45) is 16.8 Å². The van der Waals surface area contributed by atoms with Crippen molar-refractivity contribution in [3.05, 3.63) is 47.0 Å². The molecule has 1 atom stereocenters. The molecule has 1 saturated carbocycles. The first kappa shape index (κ1) is 11.4. The third kappa shape index (κ3) is 1.94. The average molecular weight is 255 g/mol. The summed E-state index contributed by atoms with van der Waals surface area (Å²) < 4.78 is 13.5. The van der Waals surface area contributed by atoms with Crippen LogP contribution in [0.25, 0.3) is 0 Å². The lowest BCUT2D eigenvalue weighted by atomic mass is 9.78. The Kier molecular flexibility index (Phi) is 2.57. The highest BCUT2D eigenvalue weighted by Gasteiger charge is 2.35. The lowest BCUT2D eigenvalue weighted by Gasteiger charge is -2.31. The van der Waals surface area contributed by atoms with Gasteiger partial charge in [0.15, 0.2) is 0 Å². The molecule has 0 saturated heterocycles. The third-order valence-electron chi connectivity index (χ3n) is 4.61. The Morgan fingerprint density at radius 1 is 1.11 bits per heavy atom. The molecule has 1 unspecified atom stereocenters. The lowest BCUT2D eigenvalue weighted by Crippen LogP contribution is -2.22. The van der Waals surface area contributed by atoms with Crippen LogP contribution >= 0.6 is 0 Å². The van der Waals surface area contributed by atoms with E-state index >= 15 is 0 Å². The molecule has 4 aliphatic rings. The second-order valence-corrected chi connectivity index (χ2v) is 5.91. The Balaban J connectivity index is 1.82. The number of aliphatic imine (C=N–C) groups is 1. The van der Waals surface area contributed by atoms with Crippen molar-refractivity contribution < 1.29 is 4.39 Å². The van der Waals surface area contributed by atoms with Crippen LogP contribution in [0.5, 0.6) is 0 Å². The van der Waals surface area contributed by atoms with Gasteiger partial charge in [-0.2, -0.15) is 0 Å². The van der Waals surface area contributed by atoms with Gasteiger partial charge in [-0.15, -0.1) is 0 Å². The van der Waals surface area contributed by atoms with Crippen LogP contribution < -0.4 is 0 Å². The Morgan fingerprint density at radius 2 is 1.95 bits per heavy atom. The number of nitrogens with zero attached hydrogens (tertiary/aromatic N) is 1. The fourth-order valence-corrected chi connectivity index (χ4v) is 3.61. The zero-order valence-electron chi connectivity index (χ0n) is 11.0. The molecule has 1 fully saturated rings. The van der Waals surface area contributed by atoms with Gasteiger partial charge in [-0.25, -0.2) is 4.39 Å². The van der Waals surface area contributed by atoms with Crippen LogP contribution in [0, 0.1) is 11.8 Å². The number of fused-ring (bicyclic) bond motifs is 2. The lowest BCUT2D eigenvalue weighted by molar-refractivity contribution is 0.594. The highest BCUT2D eigenvalue weighted by molar-refractivity contribution is 6.03. The quantitative estimate of drug-likeness (QED) is 0.605. The van der Waals surface area contributed by atoms with Crippen molar-refractivity contribution in [1.29, 1.82) is 0 Å². The molecule has 4 rings (SSSR count). The second-order valence-electron chi connectivity index (χ2n) is 5.91. The standard InChI is InChI=1S/C17H18FN/c18-12-8-9-14-16(10-12)19-15-5-3-1-2-4-13(15)17(14)11-6-7-11/h6-8,10-11,14H,1-5,9H2. The Bertz CT molecular complexity index is 568. The molecule has 3 aliphatic carbocycles. The van der Waals surface area contributed by atoms with Gasteiger partial charge in [-0.05, 0) is 55.4 Å². The van der Waals surface area contributed by atoms with Gasteiger partial charge in [0, 0.05) is 17.5 Å². The molecular formula is C17H18FN. The summed E-state index contributed by atoms with van der Waals surface area (Å²) in [4.78, 5) is 4.81. The molecule has 0 aromatic carbocycles. The van der Waals surface area contributed by atoms with Crippen LogP contribution in [0.3, 0.4) is 0 Å². The fourth-order valence-electron chi connectivity index (χ4n) is 3.61. The van der Waals surface area contributed by atoms with Crippen molar-refractivity contribution in [3.63, 3.8) is 0 Å². The molecule has 0 radical (unpaired) electrons. The topological polar surface area (TPSA) is 12.4 Å². The smallest absolute Gasteiger partial charge is 0.121 e. The van der Waals surface area contributed by atoms with Gasteiger partial charge in [0.05, 0.1) is 5.70 Å². The van der Waals surface area contributed by atoms with Gasteiger partial charge in [0.1, 0.15) is 5.83 Å². The van der Waals surface area contributed by atoms with Gasteiger partial charge in [-0.3, -0.25) is 4.99 Å². The van der Waals surface area contributed by atoms with Crippen LogP contribution in [0.4, 0.5) is 4.39 Å². The maximum absolute atomic E-state index is 13.5. The minimum Gasteiger partial charge on any atom is -0.257 e. The summed E-state index contributed by atoms with van der Waals surface area (Å²) in [5.74, 6) is 0.744. The van der Waals surface area contributed by atoms with Crippen molar-refractivity contribution in [1.82, 2.24) is 0 Å². The molecule has 2 heteroatoms. The first-order valence-electron chi connectivity index (χ1n) is 7.39. The molecule has 98 valence electrons. The van der Waals surface area contributed by atoms with Crippen LogP contribution in [-0.2, 0) is 0 Å². The van der Waals surface area contributed by atoms with Gasteiger partial charge in [0.25, 0.3) is 0 Å². The van der Waals surface area contributed by atoms with Crippen LogP contribution in [0.1, 0.15) is 38.5 Å². The normalized spacial score (nSPS) is 29.9. The van der Waals surface area contributed by atoms with E-state index in [0.717, 1.165) is 18.5 Å². The molecule has 1 heterocycles. The summed E-state index contributed by atoms with van der Waals surface area (Å²) in [5, 5.41) is 0. The number of hydrogen-bond donors (Lipinski definition) is 0. The fraction of sp³-hybridized carbons (Fsp3) is 0.471. The van der Waals surface area contributed by atoms with E-state index in [0.29, 0.717) is 11.8 Å². The van der Waals surface area contributed by atoms with E-state index in [4.69, 9.17) is 4.99 Å². The van der Waals surface area contributed by atoms with Crippen molar-refractivity contribution in [2.45, 2.75) is 38.5 Å². The SMILES string of the molecule is FC1=CCC2C(=C1)N=C1CCCCCC1=C2C1C=C1. The summed E-state index contributed by atoms with van der Waals surface area (Å²) >= 11 is 0. The maximum Gasteiger partial charge on any atom is 0.121 e. The largest absolute Gasteiger partial charge is 0.257 e. The second kappa shape index (κ2) is 4.29. The molecule has 0 amide bonds. The molecule has 1 aliphatic heterocycles. The van der Waals surface area contributed by atoms with Crippen molar-refractivity contribution >= 4 is 5.71 Å². The number of hydrogen-bond acceptors (Lipinski definition) is 1. The van der Waals surface area contributed by atoms with E-state index in [9.17, 15) is 4.39 Å². The Morgan fingerprint density at radius 3 is 2.79 bits per heavy atom. The minimum absolute atomic E-state index is 0.115. The third-order valence-corrected chi connectivity index (χ3v) is 4.61. The van der Waals surface area contributed by atoms with E-state index in [1.807, 2.05) is 0 Å².